The Kier molecular flexibility index (Phi) is 4.12. The number of rotatable bonds is 4. The minimum atomic E-state index is -0.783. The third-order valence-electron chi connectivity index (χ3n) is 3.11. The third-order valence-corrected chi connectivity index (χ3v) is 3.11. The number of nitrogens with zero attached hydrogens (tertiary/aromatic N) is 1. The van der Waals surface area contributed by atoms with Gasteiger partial charge in [-0.15, -0.1) is 0 Å². The zero-order valence-electron chi connectivity index (χ0n) is 9.40. The molecule has 1 heterocycles. The van der Waals surface area contributed by atoms with E-state index in [1.54, 1.807) is 4.90 Å². The number of hydrogen-bond acceptors (Lipinski definition) is 2. The molecule has 0 aromatic carbocycles. The predicted octanol–water partition coefficient (Wildman–Crippen LogP) is 1.36. The van der Waals surface area contributed by atoms with Crippen molar-refractivity contribution in [3.05, 3.63) is 0 Å². The van der Waals surface area contributed by atoms with Gasteiger partial charge in [0.25, 0.3) is 0 Å². The number of carboxylic acids is 1. The number of amides is 1. The van der Waals surface area contributed by atoms with Crippen LogP contribution in [0.25, 0.3) is 0 Å². The Morgan fingerprint density at radius 2 is 2.20 bits per heavy atom. The van der Waals surface area contributed by atoms with Gasteiger partial charge < -0.3 is 10.0 Å². The maximum Gasteiger partial charge on any atom is 0.308 e. The molecule has 0 unspecified atom stereocenters. The lowest BCUT2D eigenvalue weighted by atomic mass is 10.0. The SMILES string of the molecule is CC[C@H](C)CC(=O)N1CC[C@H](C(=O)O)C1. The number of carboxylic acid groups (broad SMARTS) is 1. The molecule has 1 rings (SSSR count). The van der Waals surface area contributed by atoms with Crippen molar-refractivity contribution in [1.29, 1.82) is 0 Å². The molecular formula is C11H19NO3. The number of carbonyl (C=O) groups excluding carboxylic acids is 1. The van der Waals surface area contributed by atoms with Crippen LogP contribution in [0.3, 0.4) is 0 Å². The molecule has 15 heavy (non-hydrogen) atoms. The van der Waals surface area contributed by atoms with Gasteiger partial charge in [-0.1, -0.05) is 20.3 Å². The highest BCUT2D eigenvalue weighted by molar-refractivity contribution is 5.78. The van der Waals surface area contributed by atoms with Crippen LogP contribution in [0.1, 0.15) is 33.1 Å². The van der Waals surface area contributed by atoms with Gasteiger partial charge in [-0.05, 0) is 12.3 Å². The van der Waals surface area contributed by atoms with Gasteiger partial charge in [0.1, 0.15) is 0 Å². The van der Waals surface area contributed by atoms with Gasteiger partial charge in [0, 0.05) is 19.5 Å². The van der Waals surface area contributed by atoms with E-state index in [0.29, 0.717) is 31.8 Å². The first kappa shape index (κ1) is 12.0. The summed E-state index contributed by atoms with van der Waals surface area (Å²) in [6.45, 7) is 5.10. The highest BCUT2D eigenvalue weighted by atomic mass is 16.4. The normalized spacial score (nSPS) is 22.8. The second-order valence-electron chi connectivity index (χ2n) is 4.38. The van der Waals surface area contributed by atoms with Crippen molar-refractivity contribution in [2.45, 2.75) is 33.1 Å². The maximum atomic E-state index is 11.7. The van der Waals surface area contributed by atoms with Crippen LogP contribution in [0.15, 0.2) is 0 Å². The van der Waals surface area contributed by atoms with Crippen molar-refractivity contribution in [3.8, 4) is 0 Å². The molecule has 0 bridgehead atoms. The Morgan fingerprint density at radius 1 is 1.53 bits per heavy atom. The molecule has 1 fully saturated rings. The Morgan fingerprint density at radius 3 is 2.67 bits per heavy atom. The van der Waals surface area contributed by atoms with E-state index in [2.05, 4.69) is 6.92 Å². The maximum absolute atomic E-state index is 11.7. The zero-order valence-corrected chi connectivity index (χ0v) is 9.40. The smallest absolute Gasteiger partial charge is 0.308 e. The molecule has 0 aromatic rings. The van der Waals surface area contributed by atoms with E-state index < -0.39 is 5.97 Å². The highest BCUT2D eigenvalue weighted by Gasteiger charge is 2.30. The summed E-state index contributed by atoms with van der Waals surface area (Å²) in [7, 11) is 0. The Bertz CT molecular complexity index is 252. The van der Waals surface area contributed by atoms with Crippen molar-refractivity contribution in [2.24, 2.45) is 11.8 Å². The van der Waals surface area contributed by atoms with Crippen molar-refractivity contribution in [3.63, 3.8) is 0 Å². The first-order chi connectivity index (χ1) is 7.04. The molecule has 4 heteroatoms. The van der Waals surface area contributed by atoms with Gasteiger partial charge in [-0.25, -0.2) is 0 Å². The van der Waals surface area contributed by atoms with E-state index in [0.717, 1.165) is 6.42 Å². The standard InChI is InChI=1S/C11H19NO3/c1-3-8(2)6-10(13)12-5-4-9(7-12)11(14)15/h8-9H,3-7H2,1-2H3,(H,14,15)/t8-,9-/m0/s1. The number of aliphatic carboxylic acids is 1. The minimum Gasteiger partial charge on any atom is -0.481 e. The molecule has 0 saturated carbocycles. The van der Waals surface area contributed by atoms with Crippen LogP contribution in [0.2, 0.25) is 0 Å². The van der Waals surface area contributed by atoms with Crippen molar-refractivity contribution in [1.82, 2.24) is 4.90 Å². The van der Waals surface area contributed by atoms with E-state index in [4.69, 9.17) is 5.11 Å². The highest BCUT2D eigenvalue weighted by Crippen LogP contribution is 2.19. The second-order valence-corrected chi connectivity index (χ2v) is 4.38. The van der Waals surface area contributed by atoms with E-state index in [9.17, 15) is 9.59 Å². The minimum absolute atomic E-state index is 0.105. The first-order valence-corrected chi connectivity index (χ1v) is 5.55. The van der Waals surface area contributed by atoms with Crippen LogP contribution in [0.4, 0.5) is 0 Å². The number of carbonyl (C=O) groups is 2. The van der Waals surface area contributed by atoms with Gasteiger partial charge >= 0.3 is 5.97 Å². The van der Waals surface area contributed by atoms with E-state index >= 15 is 0 Å². The summed E-state index contributed by atoms with van der Waals surface area (Å²) >= 11 is 0. The lowest BCUT2D eigenvalue weighted by Gasteiger charge is -2.17. The molecule has 0 radical (unpaired) electrons. The molecule has 0 spiro atoms. The Balaban J connectivity index is 2.40. The molecule has 1 N–H and O–H groups in total. The molecular weight excluding hydrogens is 194 g/mol. The Labute approximate surface area is 90.3 Å². The topological polar surface area (TPSA) is 57.6 Å². The second kappa shape index (κ2) is 5.14. The van der Waals surface area contributed by atoms with Crippen LogP contribution in [-0.4, -0.2) is 35.0 Å². The summed E-state index contributed by atoms with van der Waals surface area (Å²) < 4.78 is 0. The quantitative estimate of drug-likeness (QED) is 0.767. The molecule has 0 aliphatic carbocycles. The average molecular weight is 213 g/mol. The van der Waals surface area contributed by atoms with E-state index in [-0.39, 0.29) is 11.8 Å². The van der Waals surface area contributed by atoms with Crippen LogP contribution in [-0.2, 0) is 9.59 Å². The largest absolute Gasteiger partial charge is 0.481 e. The average Bonchev–Trinajstić information content (AvgIpc) is 2.66. The van der Waals surface area contributed by atoms with Gasteiger partial charge in [0.2, 0.25) is 5.91 Å². The van der Waals surface area contributed by atoms with Crippen LogP contribution in [0, 0.1) is 11.8 Å². The van der Waals surface area contributed by atoms with Crippen molar-refractivity contribution < 1.29 is 14.7 Å². The van der Waals surface area contributed by atoms with Crippen molar-refractivity contribution >= 4 is 11.9 Å². The van der Waals surface area contributed by atoms with E-state index in [1.807, 2.05) is 6.92 Å². The molecule has 1 amide bonds. The van der Waals surface area contributed by atoms with Gasteiger partial charge in [0.15, 0.2) is 0 Å². The monoisotopic (exact) mass is 213 g/mol. The lowest BCUT2D eigenvalue weighted by Crippen LogP contribution is -2.30. The summed E-state index contributed by atoms with van der Waals surface area (Å²) in [5.41, 5.74) is 0. The molecule has 86 valence electrons. The molecule has 1 saturated heterocycles. The fraction of sp³-hybridized carbons (Fsp3) is 0.818. The van der Waals surface area contributed by atoms with Crippen molar-refractivity contribution in [2.75, 3.05) is 13.1 Å². The fourth-order valence-electron chi connectivity index (χ4n) is 1.76. The van der Waals surface area contributed by atoms with Crippen LogP contribution in [0.5, 0.6) is 0 Å². The van der Waals surface area contributed by atoms with Gasteiger partial charge in [0.05, 0.1) is 5.92 Å². The lowest BCUT2D eigenvalue weighted by molar-refractivity contribution is -0.141. The predicted molar refractivity (Wildman–Crippen MR) is 56.4 cm³/mol. The molecule has 4 nitrogen and oxygen atoms in total. The van der Waals surface area contributed by atoms with Gasteiger partial charge in [-0.2, -0.15) is 0 Å². The summed E-state index contributed by atoms with van der Waals surface area (Å²) in [6.07, 6.45) is 2.13. The molecule has 0 aromatic heterocycles. The number of hydrogen-bond donors (Lipinski definition) is 1. The zero-order chi connectivity index (χ0) is 11.4. The summed E-state index contributed by atoms with van der Waals surface area (Å²) in [6, 6.07) is 0. The number of likely N-dealkylation sites (tertiary alicyclic amines) is 1. The summed E-state index contributed by atoms with van der Waals surface area (Å²) in [4.78, 5) is 24.1. The molecule has 1 aliphatic heterocycles. The van der Waals surface area contributed by atoms with Gasteiger partial charge in [-0.3, -0.25) is 9.59 Å². The third kappa shape index (κ3) is 3.22. The fourth-order valence-corrected chi connectivity index (χ4v) is 1.76. The Hall–Kier alpha value is -1.06. The van der Waals surface area contributed by atoms with Crippen LogP contribution < -0.4 is 0 Å². The van der Waals surface area contributed by atoms with Crippen LogP contribution >= 0.6 is 0 Å². The summed E-state index contributed by atoms with van der Waals surface area (Å²) in [5.74, 6) is -0.644. The molecule has 1 aliphatic rings. The first-order valence-electron chi connectivity index (χ1n) is 5.55. The summed E-state index contributed by atoms with van der Waals surface area (Å²) in [5, 5.41) is 8.80. The van der Waals surface area contributed by atoms with E-state index in [1.165, 1.54) is 0 Å². The molecule has 2 atom stereocenters.